The van der Waals surface area contributed by atoms with Gasteiger partial charge in [0.05, 0.1) is 18.4 Å². The van der Waals surface area contributed by atoms with E-state index in [9.17, 15) is 0 Å². The van der Waals surface area contributed by atoms with Crippen molar-refractivity contribution in [2.45, 2.75) is 13.8 Å². The third-order valence-corrected chi connectivity index (χ3v) is 3.13. The molecule has 1 aromatic carbocycles. The summed E-state index contributed by atoms with van der Waals surface area (Å²) in [4.78, 5) is 4.73. The molecule has 1 heterocycles. The van der Waals surface area contributed by atoms with Crippen molar-refractivity contribution in [3.63, 3.8) is 0 Å². The molecule has 1 aromatic heterocycles. The number of aryl methyl sites for hydroxylation is 2. The molecule has 2 rings (SSSR count). The van der Waals surface area contributed by atoms with Gasteiger partial charge in [-0.25, -0.2) is 0 Å². The van der Waals surface area contributed by atoms with Gasteiger partial charge in [0.2, 0.25) is 0 Å². The van der Waals surface area contributed by atoms with Gasteiger partial charge in [0.15, 0.2) is 0 Å². The minimum Gasteiger partial charge on any atom is -0.497 e. The van der Waals surface area contributed by atoms with Crippen molar-refractivity contribution in [1.29, 1.82) is 0 Å². The maximum Gasteiger partial charge on any atom is 0.120 e. The average Bonchev–Trinajstić information content (AvgIpc) is 2.37. The average molecular weight is 287 g/mol. The molecule has 0 saturated heterocycles. The molecule has 5 heteroatoms. The summed E-state index contributed by atoms with van der Waals surface area (Å²) in [5, 5.41) is 3.32. The second-order valence-corrected chi connectivity index (χ2v) is 4.93. The number of nitrogens with zero attached hydrogens (tertiary/aromatic N) is 1. The Bertz CT molecular complexity index is 656. The number of nitrogens with two attached hydrogens (primary N) is 1. The van der Waals surface area contributed by atoms with Gasteiger partial charge in [-0.05, 0) is 32.0 Å². The third-order valence-electron chi connectivity index (χ3n) is 2.92. The van der Waals surface area contributed by atoms with Gasteiger partial charge in [-0.1, -0.05) is 18.3 Å². The van der Waals surface area contributed by atoms with Crippen LogP contribution in [0.1, 0.15) is 17.0 Å². The van der Waals surface area contributed by atoms with E-state index in [1.807, 2.05) is 44.2 Å². The first-order valence-corrected chi connectivity index (χ1v) is 6.61. The van der Waals surface area contributed by atoms with Crippen LogP contribution < -0.4 is 15.8 Å². The molecule has 3 N–H and O–H groups in total. The van der Waals surface area contributed by atoms with Crippen LogP contribution in [0.2, 0.25) is 0 Å². The van der Waals surface area contributed by atoms with E-state index in [1.54, 1.807) is 7.11 Å². The fourth-order valence-corrected chi connectivity index (χ4v) is 2.35. The topological polar surface area (TPSA) is 60.2 Å². The number of hydrogen-bond acceptors (Lipinski definition) is 4. The van der Waals surface area contributed by atoms with Crippen LogP contribution in [-0.4, -0.2) is 17.1 Å². The zero-order valence-corrected chi connectivity index (χ0v) is 12.5. The number of rotatable bonds is 4. The Morgan fingerprint density at radius 2 is 2.05 bits per heavy atom. The molecule has 2 aromatic rings. The van der Waals surface area contributed by atoms with E-state index in [4.69, 9.17) is 22.7 Å². The predicted octanol–water partition coefficient (Wildman–Crippen LogP) is 3.08. The molecule has 0 bridgehead atoms. The molecule has 0 saturated carbocycles. The summed E-state index contributed by atoms with van der Waals surface area (Å²) in [5.41, 5.74) is 10.1. The number of ether oxygens (including phenoxy) is 1. The number of thiocarbonyl (C=S) groups is 1. The van der Waals surface area contributed by atoms with Crippen molar-refractivity contribution in [2.24, 2.45) is 5.73 Å². The first-order valence-electron chi connectivity index (χ1n) is 6.20. The van der Waals surface area contributed by atoms with Crippen LogP contribution in [-0.2, 0) is 0 Å². The van der Waals surface area contributed by atoms with E-state index in [1.165, 1.54) is 0 Å². The quantitative estimate of drug-likeness (QED) is 0.846. The largest absolute Gasteiger partial charge is 0.497 e. The second-order valence-electron chi connectivity index (χ2n) is 4.49. The van der Waals surface area contributed by atoms with E-state index < -0.39 is 0 Å². The van der Waals surface area contributed by atoms with Crippen molar-refractivity contribution in [1.82, 2.24) is 4.98 Å². The highest BCUT2D eigenvalue weighted by atomic mass is 32.1. The zero-order valence-electron chi connectivity index (χ0n) is 11.7. The van der Waals surface area contributed by atoms with Gasteiger partial charge in [0.25, 0.3) is 0 Å². The van der Waals surface area contributed by atoms with E-state index >= 15 is 0 Å². The zero-order chi connectivity index (χ0) is 14.7. The monoisotopic (exact) mass is 287 g/mol. The molecule has 0 atom stereocenters. The lowest BCUT2D eigenvalue weighted by atomic mass is 10.1. The smallest absolute Gasteiger partial charge is 0.120 e. The molecule has 0 aliphatic carbocycles. The maximum absolute atomic E-state index is 5.80. The molecule has 104 valence electrons. The molecule has 0 amide bonds. The van der Waals surface area contributed by atoms with Gasteiger partial charge < -0.3 is 15.8 Å². The Morgan fingerprint density at radius 1 is 1.30 bits per heavy atom. The first kappa shape index (κ1) is 14.3. The summed E-state index contributed by atoms with van der Waals surface area (Å²) in [6.45, 7) is 3.84. The summed E-state index contributed by atoms with van der Waals surface area (Å²) in [6.07, 6.45) is 0. The fourth-order valence-electron chi connectivity index (χ4n) is 2.09. The van der Waals surface area contributed by atoms with E-state index in [0.29, 0.717) is 4.99 Å². The SMILES string of the molecule is COc1cccc(Nc2cc(C)nc(C)c2C(N)=S)c1. The summed E-state index contributed by atoms with van der Waals surface area (Å²) < 4.78 is 5.21. The molecule has 0 fully saturated rings. The highest BCUT2D eigenvalue weighted by Gasteiger charge is 2.11. The lowest BCUT2D eigenvalue weighted by Crippen LogP contribution is -2.15. The van der Waals surface area contributed by atoms with Gasteiger partial charge >= 0.3 is 0 Å². The molecule has 0 unspecified atom stereocenters. The minimum atomic E-state index is 0.334. The lowest BCUT2D eigenvalue weighted by Gasteiger charge is -2.14. The van der Waals surface area contributed by atoms with Gasteiger partial charge in [-0.3, -0.25) is 4.98 Å². The van der Waals surface area contributed by atoms with Crippen LogP contribution >= 0.6 is 12.2 Å². The lowest BCUT2D eigenvalue weighted by molar-refractivity contribution is 0.415. The number of aromatic nitrogens is 1. The molecule has 0 aliphatic heterocycles. The van der Waals surface area contributed by atoms with Crippen LogP contribution in [0.25, 0.3) is 0 Å². The Labute approximate surface area is 124 Å². The van der Waals surface area contributed by atoms with Crippen LogP contribution in [0, 0.1) is 13.8 Å². The number of methoxy groups -OCH3 is 1. The summed E-state index contributed by atoms with van der Waals surface area (Å²) in [6, 6.07) is 9.61. The van der Waals surface area contributed by atoms with Crippen LogP contribution in [0.5, 0.6) is 5.75 Å². The van der Waals surface area contributed by atoms with Gasteiger partial charge in [0, 0.05) is 23.1 Å². The van der Waals surface area contributed by atoms with Crippen molar-refractivity contribution in [2.75, 3.05) is 12.4 Å². The van der Waals surface area contributed by atoms with Crippen LogP contribution in [0.15, 0.2) is 30.3 Å². The molecule has 0 aliphatic rings. The standard InChI is InChI=1S/C15H17N3OS/c1-9-7-13(14(15(16)20)10(2)17-9)18-11-5-4-6-12(8-11)19-3/h4-8H,1-3H3,(H2,16,20)(H,17,18). The summed E-state index contributed by atoms with van der Waals surface area (Å²) in [5.74, 6) is 0.786. The summed E-state index contributed by atoms with van der Waals surface area (Å²) >= 11 is 5.12. The normalized spacial score (nSPS) is 10.2. The molecule has 0 radical (unpaired) electrons. The Hall–Kier alpha value is -2.14. The molecular weight excluding hydrogens is 270 g/mol. The van der Waals surface area contributed by atoms with Gasteiger partial charge in [0.1, 0.15) is 10.7 Å². The van der Waals surface area contributed by atoms with Crippen LogP contribution in [0.4, 0.5) is 11.4 Å². The third kappa shape index (κ3) is 3.05. The molecule has 4 nitrogen and oxygen atoms in total. The van der Waals surface area contributed by atoms with Crippen molar-refractivity contribution in [3.05, 3.63) is 47.3 Å². The highest BCUT2D eigenvalue weighted by molar-refractivity contribution is 7.80. The predicted molar refractivity (Wildman–Crippen MR) is 85.9 cm³/mol. The Kier molecular flexibility index (Phi) is 4.20. The van der Waals surface area contributed by atoms with E-state index in [-0.39, 0.29) is 0 Å². The number of anilines is 2. The Morgan fingerprint density at radius 3 is 2.70 bits per heavy atom. The van der Waals surface area contributed by atoms with Crippen LogP contribution in [0.3, 0.4) is 0 Å². The second kappa shape index (κ2) is 5.88. The summed E-state index contributed by atoms with van der Waals surface area (Å²) in [7, 11) is 1.64. The van der Waals surface area contributed by atoms with Crippen molar-refractivity contribution < 1.29 is 4.74 Å². The molecule has 20 heavy (non-hydrogen) atoms. The number of hydrogen-bond donors (Lipinski definition) is 2. The molecular formula is C15H17N3OS. The Balaban J connectivity index is 2.44. The van der Waals surface area contributed by atoms with Gasteiger partial charge in [-0.15, -0.1) is 0 Å². The number of benzene rings is 1. The van der Waals surface area contributed by atoms with E-state index in [0.717, 1.165) is 34.1 Å². The van der Waals surface area contributed by atoms with E-state index in [2.05, 4.69) is 10.3 Å². The molecule has 0 spiro atoms. The fraction of sp³-hybridized carbons (Fsp3) is 0.200. The van der Waals surface area contributed by atoms with Gasteiger partial charge in [-0.2, -0.15) is 0 Å². The van der Waals surface area contributed by atoms with Crippen molar-refractivity contribution in [3.8, 4) is 5.75 Å². The first-order chi connectivity index (χ1) is 9.51. The number of pyridine rings is 1. The van der Waals surface area contributed by atoms with Crippen molar-refractivity contribution >= 4 is 28.6 Å². The highest BCUT2D eigenvalue weighted by Crippen LogP contribution is 2.26. The maximum atomic E-state index is 5.80. The number of nitrogens with one attached hydrogen (secondary N) is 1. The minimum absolute atomic E-state index is 0.334.